The molecule has 7 heteroatoms. The molecule has 2 rings (SSSR count). The highest BCUT2D eigenvalue weighted by Crippen LogP contribution is 2.29. The Kier molecular flexibility index (Phi) is 10.4. The molecule has 3 N–H and O–H groups in total. The van der Waals surface area contributed by atoms with Gasteiger partial charge in [-0.3, -0.25) is 0 Å². The minimum Gasteiger partial charge on any atom is -0.494 e. The van der Waals surface area contributed by atoms with E-state index in [2.05, 4.69) is 10.3 Å². The quantitative estimate of drug-likeness (QED) is 0.312. The van der Waals surface area contributed by atoms with Crippen molar-refractivity contribution in [1.82, 2.24) is 0 Å². The summed E-state index contributed by atoms with van der Waals surface area (Å²) in [6, 6.07) is 13.4. The smallest absolute Gasteiger partial charge is 0.193 e. The minimum atomic E-state index is 0. The average molecular weight is 485 g/mol. The maximum absolute atomic E-state index is 6.05. The van der Waals surface area contributed by atoms with E-state index in [1.165, 1.54) is 0 Å². The predicted octanol–water partition coefficient (Wildman–Crippen LogP) is 4.43. The summed E-state index contributed by atoms with van der Waals surface area (Å²) >= 11 is 0. The fraction of sp³-hybridized carbons (Fsp3) is 0.350. The molecular formula is C20H28IN3O3. The number of hydrogen-bond acceptors (Lipinski definition) is 4. The summed E-state index contributed by atoms with van der Waals surface area (Å²) in [6.07, 6.45) is 0. The van der Waals surface area contributed by atoms with E-state index < -0.39 is 0 Å². The van der Waals surface area contributed by atoms with Gasteiger partial charge in [-0.1, -0.05) is 12.1 Å². The molecule has 0 spiro atoms. The number of nitrogens with zero attached hydrogens (tertiary/aromatic N) is 1. The molecule has 0 aliphatic rings. The SMILES string of the molecule is CCOc1cccc(CN=C(N)Nc2cc(OCC)ccc2OCC)c1.I. The number of rotatable bonds is 9. The number of aliphatic imine (C=N–C) groups is 1. The molecule has 6 nitrogen and oxygen atoms in total. The van der Waals surface area contributed by atoms with Gasteiger partial charge < -0.3 is 25.3 Å². The molecule has 2 aromatic rings. The molecule has 27 heavy (non-hydrogen) atoms. The van der Waals surface area contributed by atoms with Crippen LogP contribution in [0.15, 0.2) is 47.5 Å². The Balaban J connectivity index is 0.00000364. The highest BCUT2D eigenvalue weighted by molar-refractivity contribution is 14.0. The lowest BCUT2D eigenvalue weighted by atomic mass is 10.2. The first-order chi connectivity index (χ1) is 12.7. The van der Waals surface area contributed by atoms with Crippen molar-refractivity contribution in [1.29, 1.82) is 0 Å². The van der Waals surface area contributed by atoms with Gasteiger partial charge in [0.25, 0.3) is 0 Å². The molecule has 0 saturated carbocycles. The summed E-state index contributed by atoms with van der Waals surface area (Å²) in [5, 5.41) is 3.10. The lowest BCUT2D eigenvalue weighted by Gasteiger charge is -2.14. The van der Waals surface area contributed by atoms with E-state index in [0.717, 1.165) is 22.7 Å². The lowest BCUT2D eigenvalue weighted by Crippen LogP contribution is -2.23. The second-order valence-electron chi connectivity index (χ2n) is 5.43. The predicted molar refractivity (Wildman–Crippen MR) is 121 cm³/mol. The number of anilines is 1. The maximum Gasteiger partial charge on any atom is 0.193 e. The van der Waals surface area contributed by atoms with Crippen LogP contribution in [0.5, 0.6) is 17.2 Å². The molecule has 0 aliphatic carbocycles. The molecule has 0 atom stereocenters. The Labute approximate surface area is 178 Å². The Morgan fingerprint density at radius 1 is 0.926 bits per heavy atom. The van der Waals surface area contributed by atoms with Crippen LogP contribution in [0.25, 0.3) is 0 Å². The summed E-state index contributed by atoms with van der Waals surface area (Å²) in [4.78, 5) is 4.40. The van der Waals surface area contributed by atoms with E-state index in [9.17, 15) is 0 Å². The van der Waals surface area contributed by atoms with Crippen LogP contribution in [-0.2, 0) is 6.54 Å². The number of nitrogens with one attached hydrogen (secondary N) is 1. The Morgan fingerprint density at radius 3 is 2.26 bits per heavy atom. The van der Waals surface area contributed by atoms with Gasteiger partial charge in [-0.05, 0) is 50.6 Å². The van der Waals surface area contributed by atoms with Crippen molar-refractivity contribution in [2.45, 2.75) is 27.3 Å². The topological polar surface area (TPSA) is 78.1 Å². The molecule has 2 aromatic carbocycles. The van der Waals surface area contributed by atoms with Gasteiger partial charge in [0.1, 0.15) is 17.2 Å². The maximum atomic E-state index is 6.05. The van der Waals surface area contributed by atoms with Crippen LogP contribution in [0, 0.1) is 0 Å². The van der Waals surface area contributed by atoms with Gasteiger partial charge in [0, 0.05) is 6.07 Å². The minimum absolute atomic E-state index is 0. The van der Waals surface area contributed by atoms with E-state index in [0.29, 0.717) is 38.1 Å². The molecule has 0 unspecified atom stereocenters. The third kappa shape index (κ3) is 7.54. The van der Waals surface area contributed by atoms with E-state index in [1.54, 1.807) is 0 Å². The number of benzene rings is 2. The van der Waals surface area contributed by atoms with Crippen LogP contribution in [0.1, 0.15) is 26.3 Å². The van der Waals surface area contributed by atoms with Crippen LogP contribution in [0.4, 0.5) is 5.69 Å². The van der Waals surface area contributed by atoms with Crippen molar-refractivity contribution in [3.05, 3.63) is 48.0 Å². The molecule has 0 aliphatic heterocycles. The van der Waals surface area contributed by atoms with E-state index >= 15 is 0 Å². The first kappa shape index (κ1) is 22.9. The van der Waals surface area contributed by atoms with Crippen LogP contribution in [0.2, 0.25) is 0 Å². The lowest BCUT2D eigenvalue weighted by molar-refractivity contribution is 0.332. The molecular weight excluding hydrogens is 457 g/mol. The van der Waals surface area contributed by atoms with Gasteiger partial charge in [0.15, 0.2) is 5.96 Å². The Bertz CT molecular complexity index is 738. The zero-order valence-electron chi connectivity index (χ0n) is 16.0. The van der Waals surface area contributed by atoms with Crippen molar-refractivity contribution in [3.8, 4) is 17.2 Å². The average Bonchev–Trinajstić information content (AvgIpc) is 2.63. The van der Waals surface area contributed by atoms with Gasteiger partial charge in [-0.25, -0.2) is 4.99 Å². The first-order valence-electron chi connectivity index (χ1n) is 8.84. The largest absolute Gasteiger partial charge is 0.494 e. The van der Waals surface area contributed by atoms with Crippen molar-refractivity contribution < 1.29 is 14.2 Å². The second-order valence-corrected chi connectivity index (χ2v) is 5.43. The molecule has 0 amide bonds. The van der Waals surface area contributed by atoms with Gasteiger partial charge in [-0.15, -0.1) is 24.0 Å². The zero-order chi connectivity index (χ0) is 18.8. The number of halogens is 1. The van der Waals surface area contributed by atoms with Crippen LogP contribution >= 0.6 is 24.0 Å². The van der Waals surface area contributed by atoms with Gasteiger partial charge in [0.2, 0.25) is 0 Å². The van der Waals surface area contributed by atoms with Crippen LogP contribution in [0.3, 0.4) is 0 Å². The highest BCUT2D eigenvalue weighted by Gasteiger charge is 2.07. The molecule has 0 fully saturated rings. The Hall–Kier alpha value is -2.16. The normalized spacial score (nSPS) is 10.7. The third-order valence-electron chi connectivity index (χ3n) is 3.47. The van der Waals surface area contributed by atoms with E-state index in [1.807, 2.05) is 63.2 Å². The summed E-state index contributed by atoms with van der Waals surface area (Å²) in [5.74, 6) is 2.58. The van der Waals surface area contributed by atoms with Crippen molar-refractivity contribution in [2.75, 3.05) is 25.1 Å². The van der Waals surface area contributed by atoms with Gasteiger partial charge in [0.05, 0.1) is 32.1 Å². The van der Waals surface area contributed by atoms with Gasteiger partial charge in [-0.2, -0.15) is 0 Å². The first-order valence-corrected chi connectivity index (χ1v) is 8.84. The summed E-state index contributed by atoms with van der Waals surface area (Å²) in [5.41, 5.74) is 7.80. The summed E-state index contributed by atoms with van der Waals surface area (Å²) in [7, 11) is 0. The molecule has 0 bridgehead atoms. The summed E-state index contributed by atoms with van der Waals surface area (Å²) in [6.45, 7) is 8.07. The van der Waals surface area contributed by atoms with Crippen molar-refractivity contribution in [2.24, 2.45) is 10.7 Å². The fourth-order valence-corrected chi connectivity index (χ4v) is 2.40. The number of ether oxygens (including phenoxy) is 3. The Morgan fingerprint density at radius 2 is 1.59 bits per heavy atom. The zero-order valence-corrected chi connectivity index (χ0v) is 18.4. The second kappa shape index (κ2) is 12.3. The molecule has 148 valence electrons. The number of hydrogen-bond donors (Lipinski definition) is 2. The highest BCUT2D eigenvalue weighted by atomic mass is 127. The standard InChI is InChI=1S/C20H27N3O3.HI/c1-4-24-16-9-7-8-15(12-16)14-22-20(21)23-18-13-17(25-5-2)10-11-19(18)26-6-3;/h7-13H,4-6,14H2,1-3H3,(H3,21,22,23);1H. The van der Waals surface area contributed by atoms with Crippen LogP contribution < -0.4 is 25.3 Å². The molecule has 0 heterocycles. The van der Waals surface area contributed by atoms with E-state index in [4.69, 9.17) is 19.9 Å². The summed E-state index contributed by atoms with van der Waals surface area (Å²) < 4.78 is 16.7. The van der Waals surface area contributed by atoms with Crippen molar-refractivity contribution >= 4 is 35.6 Å². The van der Waals surface area contributed by atoms with E-state index in [-0.39, 0.29) is 24.0 Å². The monoisotopic (exact) mass is 485 g/mol. The molecule has 0 aromatic heterocycles. The number of nitrogens with two attached hydrogens (primary N) is 1. The number of guanidine groups is 1. The molecule has 0 saturated heterocycles. The van der Waals surface area contributed by atoms with Gasteiger partial charge >= 0.3 is 0 Å². The third-order valence-corrected chi connectivity index (χ3v) is 3.47. The fourth-order valence-electron chi connectivity index (χ4n) is 2.40. The molecule has 0 radical (unpaired) electrons. The van der Waals surface area contributed by atoms with Crippen molar-refractivity contribution in [3.63, 3.8) is 0 Å². The van der Waals surface area contributed by atoms with Crippen LogP contribution in [-0.4, -0.2) is 25.8 Å².